The van der Waals surface area contributed by atoms with Crippen molar-refractivity contribution in [2.45, 2.75) is 23.8 Å². The van der Waals surface area contributed by atoms with Gasteiger partial charge >= 0.3 is 5.97 Å². The van der Waals surface area contributed by atoms with Crippen LogP contribution in [-0.2, 0) is 14.3 Å². The Labute approximate surface area is 158 Å². The first-order valence-corrected chi connectivity index (χ1v) is 9.46. The van der Waals surface area contributed by atoms with Gasteiger partial charge in [0.15, 0.2) is 10.4 Å². The number of nitrogens with zero attached hydrogens (tertiary/aromatic N) is 2. The van der Waals surface area contributed by atoms with Gasteiger partial charge in [-0.1, -0.05) is 41.6 Å². The van der Waals surface area contributed by atoms with Gasteiger partial charge in [-0.05, 0) is 30.7 Å². The van der Waals surface area contributed by atoms with Crippen molar-refractivity contribution in [3.8, 4) is 5.75 Å². The number of rotatable bonds is 8. The van der Waals surface area contributed by atoms with Gasteiger partial charge in [-0.25, -0.2) is 0 Å². The summed E-state index contributed by atoms with van der Waals surface area (Å²) >= 11 is 8.20. The summed E-state index contributed by atoms with van der Waals surface area (Å²) in [4.78, 5) is 23.4. The highest BCUT2D eigenvalue weighted by Crippen LogP contribution is 2.26. The Hall–Kier alpha value is -1.84. The molecule has 0 aliphatic heterocycles. The van der Waals surface area contributed by atoms with Gasteiger partial charge in [0.1, 0.15) is 5.75 Å². The summed E-state index contributed by atoms with van der Waals surface area (Å²) in [6, 6.07) is 6.78. The van der Waals surface area contributed by atoms with Crippen LogP contribution in [0.25, 0.3) is 0 Å². The molecule has 1 heterocycles. The van der Waals surface area contributed by atoms with Crippen LogP contribution in [0.1, 0.15) is 13.3 Å². The number of thioether (sulfide) groups is 1. The Morgan fingerprint density at radius 2 is 2.04 bits per heavy atom. The summed E-state index contributed by atoms with van der Waals surface area (Å²) in [5.74, 6) is 0.0142. The van der Waals surface area contributed by atoms with Crippen LogP contribution in [0, 0.1) is 0 Å². The van der Waals surface area contributed by atoms with Gasteiger partial charge in [-0.2, -0.15) is 0 Å². The van der Waals surface area contributed by atoms with E-state index in [4.69, 9.17) is 16.3 Å². The molecule has 0 radical (unpaired) electrons. The summed E-state index contributed by atoms with van der Waals surface area (Å²) in [6.45, 7) is 1.85. The molecule has 1 aromatic heterocycles. The first-order valence-electron chi connectivity index (χ1n) is 7.28. The van der Waals surface area contributed by atoms with E-state index >= 15 is 0 Å². The second kappa shape index (κ2) is 9.59. The number of hydrogen-bond acceptors (Lipinski definition) is 8. The average Bonchev–Trinajstić information content (AvgIpc) is 3.06. The Balaban J connectivity index is 1.91. The summed E-state index contributed by atoms with van der Waals surface area (Å²) in [6.07, 6.45) is -0.187. The van der Waals surface area contributed by atoms with Crippen LogP contribution in [0.4, 0.5) is 5.13 Å². The lowest BCUT2D eigenvalue weighted by Crippen LogP contribution is -2.32. The second-order valence-electron chi connectivity index (χ2n) is 4.70. The Bertz CT molecular complexity index is 724. The maximum absolute atomic E-state index is 12.3. The zero-order chi connectivity index (χ0) is 18.2. The lowest BCUT2D eigenvalue weighted by atomic mass is 10.2. The van der Waals surface area contributed by atoms with Crippen LogP contribution in [0.5, 0.6) is 5.75 Å². The molecule has 7 nitrogen and oxygen atoms in total. The number of halogens is 1. The van der Waals surface area contributed by atoms with E-state index < -0.39 is 6.10 Å². The minimum atomic E-state index is -0.670. The minimum absolute atomic E-state index is 0.135. The first kappa shape index (κ1) is 19.5. The van der Waals surface area contributed by atoms with E-state index in [9.17, 15) is 9.59 Å². The van der Waals surface area contributed by atoms with Crippen molar-refractivity contribution in [3.63, 3.8) is 0 Å². The van der Waals surface area contributed by atoms with Crippen LogP contribution >= 0.6 is 34.7 Å². The summed E-state index contributed by atoms with van der Waals surface area (Å²) < 4.78 is 10.8. The van der Waals surface area contributed by atoms with E-state index in [0.29, 0.717) is 26.7 Å². The molecule has 0 saturated carbocycles. The maximum atomic E-state index is 12.3. The molecule has 2 rings (SSSR count). The quantitative estimate of drug-likeness (QED) is 0.412. The number of amides is 1. The molecule has 0 spiro atoms. The van der Waals surface area contributed by atoms with Crippen molar-refractivity contribution in [2.75, 3.05) is 18.2 Å². The van der Waals surface area contributed by atoms with E-state index in [0.717, 1.165) is 0 Å². The van der Waals surface area contributed by atoms with Crippen molar-refractivity contribution >= 4 is 51.7 Å². The molecule has 2 aromatic rings. The predicted octanol–water partition coefficient (Wildman–Crippen LogP) is 3.25. The highest BCUT2D eigenvalue weighted by atomic mass is 35.5. The van der Waals surface area contributed by atoms with E-state index in [1.54, 1.807) is 24.3 Å². The zero-order valence-electron chi connectivity index (χ0n) is 13.5. The number of carbonyl (C=O) groups is 2. The molecule has 10 heteroatoms. The molecule has 1 N–H and O–H groups in total. The van der Waals surface area contributed by atoms with E-state index in [2.05, 4.69) is 20.3 Å². The van der Waals surface area contributed by atoms with E-state index in [1.165, 1.54) is 30.2 Å². The van der Waals surface area contributed by atoms with Crippen molar-refractivity contribution in [1.82, 2.24) is 10.2 Å². The number of hydrogen-bond donors (Lipinski definition) is 1. The number of carbonyl (C=O) groups excluding carboxylic acids is 2. The number of ether oxygens (including phenoxy) is 2. The molecule has 1 aromatic carbocycles. The molecule has 1 atom stereocenters. The molecular weight excluding hydrogens is 386 g/mol. The molecule has 0 saturated heterocycles. The standard InChI is InChI=1S/C15H16ClN3O4S2/c1-3-11(23-10-6-4-9(16)5-7-10)13(21)17-14-18-19-15(25-14)24-8-12(20)22-2/h4-7,11H,3,8H2,1-2H3,(H,17,18,21). The fourth-order valence-corrected chi connectivity index (χ4v) is 3.40. The molecule has 0 aliphatic carbocycles. The fourth-order valence-electron chi connectivity index (χ4n) is 1.68. The molecule has 1 unspecified atom stereocenters. The Morgan fingerprint density at radius 3 is 2.68 bits per heavy atom. The number of anilines is 1. The second-order valence-corrected chi connectivity index (χ2v) is 7.33. The minimum Gasteiger partial charge on any atom is -0.481 e. The van der Waals surface area contributed by atoms with Crippen LogP contribution in [0.3, 0.4) is 0 Å². The predicted molar refractivity (Wildman–Crippen MR) is 97.4 cm³/mol. The topological polar surface area (TPSA) is 90.4 Å². The summed E-state index contributed by atoms with van der Waals surface area (Å²) in [7, 11) is 1.32. The molecular formula is C15H16ClN3O4S2. The highest BCUT2D eigenvalue weighted by molar-refractivity contribution is 8.01. The smallest absolute Gasteiger partial charge is 0.316 e. The third kappa shape index (κ3) is 6.18. The van der Waals surface area contributed by atoms with Crippen molar-refractivity contribution in [3.05, 3.63) is 29.3 Å². The van der Waals surface area contributed by atoms with Gasteiger partial charge in [-0.3, -0.25) is 14.9 Å². The molecule has 134 valence electrons. The highest BCUT2D eigenvalue weighted by Gasteiger charge is 2.20. The van der Waals surface area contributed by atoms with Gasteiger partial charge in [0, 0.05) is 5.02 Å². The van der Waals surface area contributed by atoms with Crippen LogP contribution < -0.4 is 10.1 Å². The van der Waals surface area contributed by atoms with Gasteiger partial charge in [0.2, 0.25) is 5.13 Å². The van der Waals surface area contributed by atoms with Gasteiger partial charge in [0.05, 0.1) is 12.9 Å². The van der Waals surface area contributed by atoms with Crippen LogP contribution in [-0.4, -0.2) is 41.0 Å². The largest absolute Gasteiger partial charge is 0.481 e. The lowest BCUT2D eigenvalue weighted by molar-refractivity contribution is -0.137. The molecule has 1 amide bonds. The molecule has 0 bridgehead atoms. The fraction of sp³-hybridized carbons (Fsp3) is 0.333. The number of esters is 1. The number of benzene rings is 1. The first-order chi connectivity index (χ1) is 12.0. The number of methoxy groups -OCH3 is 1. The third-order valence-corrected chi connectivity index (χ3v) is 5.13. The third-order valence-electron chi connectivity index (χ3n) is 2.93. The Morgan fingerprint density at radius 1 is 1.32 bits per heavy atom. The summed E-state index contributed by atoms with van der Waals surface area (Å²) in [5, 5.41) is 11.4. The lowest BCUT2D eigenvalue weighted by Gasteiger charge is -2.16. The maximum Gasteiger partial charge on any atom is 0.316 e. The van der Waals surface area contributed by atoms with Crippen LogP contribution in [0.2, 0.25) is 5.02 Å². The number of aromatic nitrogens is 2. The van der Waals surface area contributed by atoms with Crippen LogP contribution in [0.15, 0.2) is 28.6 Å². The zero-order valence-corrected chi connectivity index (χ0v) is 15.9. The molecule has 25 heavy (non-hydrogen) atoms. The van der Waals surface area contributed by atoms with Crippen molar-refractivity contribution in [2.24, 2.45) is 0 Å². The monoisotopic (exact) mass is 401 g/mol. The van der Waals surface area contributed by atoms with E-state index in [1.807, 2.05) is 6.92 Å². The summed E-state index contributed by atoms with van der Waals surface area (Å²) in [5.41, 5.74) is 0. The van der Waals surface area contributed by atoms with Gasteiger partial charge in [-0.15, -0.1) is 10.2 Å². The Kier molecular flexibility index (Phi) is 7.48. The van der Waals surface area contributed by atoms with Crippen molar-refractivity contribution < 1.29 is 19.1 Å². The van der Waals surface area contributed by atoms with Gasteiger partial charge in [0.25, 0.3) is 5.91 Å². The van der Waals surface area contributed by atoms with Crippen molar-refractivity contribution in [1.29, 1.82) is 0 Å². The number of nitrogens with one attached hydrogen (secondary N) is 1. The normalized spacial score (nSPS) is 11.6. The van der Waals surface area contributed by atoms with E-state index in [-0.39, 0.29) is 17.6 Å². The average molecular weight is 402 g/mol. The van der Waals surface area contributed by atoms with Gasteiger partial charge < -0.3 is 9.47 Å². The SMILES string of the molecule is CCC(Oc1ccc(Cl)cc1)C(=O)Nc1nnc(SCC(=O)OC)s1. The molecule has 0 aliphatic rings. The molecule has 0 fully saturated rings.